The average molecular weight is 1880 g/mol. The minimum absolute atomic E-state index is 0.0250. The Morgan fingerprint density at radius 3 is 0.640 bits per heavy atom. The van der Waals surface area contributed by atoms with Gasteiger partial charge in [0.15, 0.2) is 0 Å². The fourth-order valence-corrected chi connectivity index (χ4v) is 17.8. The fraction of sp³-hybridized carbons (Fsp3) is 0.525. The summed E-state index contributed by atoms with van der Waals surface area (Å²) in [6.07, 6.45) is 0. The quantitative estimate of drug-likeness (QED) is 0.165. The summed E-state index contributed by atoms with van der Waals surface area (Å²) in [5, 5.41) is 0. The van der Waals surface area contributed by atoms with Gasteiger partial charge < -0.3 is 0 Å². The van der Waals surface area contributed by atoms with E-state index in [1.54, 1.807) is 12.5 Å². The second-order valence-corrected chi connectivity index (χ2v) is 58.6. The number of hydrogen-bond donors (Lipinski definition) is 0. The van der Waals surface area contributed by atoms with E-state index in [2.05, 4.69) is 574 Å². The largest absolute Gasteiger partial charge is 0.0632 e. The van der Waals surface area contributed by atoms with E-state index in [9.17, 15) is 0 Å². The van der Waals surface area contributed by atoms with Crippen molar-refractivity contribution in [1.29, 1.82) is 0 Å². The summed E-state index contributed by atoms with van der Waals surface area (Å²) in [4.78, 5) is 0. The number of hydrogen-bond acceptors (Lipinski definition) is 0. The minimum Gasteiger partial charge on any atom is -0.0622 e. The van der Waals surface area contributed by atoms with Crippen molar-refractivity contribution >= 4 is 0 Å². The highest BCUT2D eigenvalue weighted by Crippen LogP contribution is 2.48. The maximum absolute atomic E-state index is 8.52. The lowest BCUT2D eigenvalue weighted by atomic mass is 9.66. The molecule has 0 atom stereocenters. The Labute approximate surface area is 864 Å². The Hall–Kier alpha value is -8.58. The predicted octanol–water partition coefficient (Wildman–Crippen LogP) is 42.1. The van der Waals surface area contributed by atoms with Crippen LogP contribution in [0.15, 0.2) is 236 Å². The average Bonchev–Trinajstić information content (AvgIpc) is 0.740. The second-order valence-electron chi connectivity index (χ2n) is 58.6. The van der Waals surface area contributed by atoms with E-state index in [0.29, 0.717) is 11.1 Å². The highest BCUT2D eigenvalue weighted by molar-refractivity contribution is 5.76. The zero-order valence-electron chi connectivity index (χ0n) is 104. The summed E-state index contributed by atoms with van der Waals surface area (Å²) in [5.74, 6) is 0. The molecule has 0 aliphatic rings. The van der Waals surface area contributed by atoms with Crippen LogP contribution in [-0.2, 0) is 97.5 Å². The molecule has 0 bridgehead atoms. The zero-order valence-corrected chi connectivity index (χ0v) is 99.7. The summed E-state index contributed by atoms with van der Waals surface area (Å²) >= 11 is 0. The summed E-state index contributed by atoms with van der Waals surface area (Å²) in [5.41, 5.74) is 38.0. The molecule has 0 unspecified atom stereocenters. The van der Waals surface area contributed by atoms with Crippen LogP contribution in [0.4, 0.5) is 0 Å². The van der Waals surface area contributed by atoms with Crippen molar-refractivity contribution in [3.8, 4) is 44.5 Å². The third-order valence-electron chi connectivity index (χ3n) is 26.3. The van der Waals surface area contributed by atoms with E-state index in [4.69, 9.17) is 5.48 Å². The van der Waals surface area contributed by atoms with Crippen LogP contribution in [0.25, 0.3) is 44.5 Å². The van der Waals surface area contributed by atoms with Crippen molar-refractivity contribution in [2.24, 2.45) is 0 Å². The molecular weight excluding hydrogens is 1670 g/mol. The van der Waals surface area contributed by atoms with E-state index in [1.165, 1.54) is 122 Å². The van der Waals surface area contributed by atoms with Gasteiger partial charge in [0.25, 0.3) is 0 Å². The Morgan fingerprint density at radius 1 is 0.151 bits per heavy atom. The Balaban J connectivity index is 0.000000295. The van der Waals surface area contributed by atoms with Gasteiger partial charge >= 0.3 is 0 Å². The zero-order chi connectivity index (χ0) is 111. The molecule has 0 amide bonds. The van der Waals surface area contributed by atoms with Crippen LogP contribution in [0.1, 0.15) is 485 Å². The van der Waals surface area contributed by atoms with Crippen LogP contribution in [0.3, 0.4) is 0 Å². The molecule has 760 valence electrons. The van der Waals surface area contributed by atoms with Crippen molar-refractivity contribution in [2.45, 2.75) is 478 Å². The molecule has 11 rings (SSSR count). The van der Waals surface area contributed by atoms with Gasteiger partial charge in [-0.2, -0.15) is 0 Å². The third kappa shape index (κ3) is 35.5. The van der Waals surface area contributed by atoms with Gasteiger partial charge in [0, 0.05) is 0 Å². The topological polar surface area (TPSA) is 0 Å². The van der Waals surface area contributed by atoms with Crippen LogP contribution >= 0.6 is 0 Å². The molecule has 0 nitrogen and oxygen atoms in total. The first-order chi connectivity index (χ1) is 64.0. The molecule has 0 aliphatic carbocycles. The highest BCUT2D eigenvalue weighted by Gasteiger charge is 2.37. The van der Waals surface area contributed by atoms with Crippen LogP contribution in [-0.4, -0.2) is 0 Å². The van der Waals surface area contributed by atoms with E-state index >= 15 is 0 Å². The Kier molecular flexibility index (Phi) is 36.4. The lowest BCUT2D eigenvalue weighted by Crippen LogP contribution is -2.29. The lowest BCUT2D eigenvalue weighted by Gasteiger charge is -2.38. The van der Waals surface area contributed by atoms with E-state index in [0.717, 1.165) is 11.1 Å². The van der Waals surface area contributed by atoms with Gasteiger partial charge in [-0.25, -0.2) is 0 Å². The molecule has 0 saturated carbocycles. The van der Waals surface area contributed by atoms with Gasteiger partial charge in [0.1, 0.15) is 0 Å². The summed E-state index contributed by atoms with van der Waals surface area (Å²) in [6, 6.07) is 77.9. The first-order valence-electron chi connectivity index (χ1n) is 54.3. The molecule has 139 heavy (non-hydrogen) atoms. The monoisotopic (exact) mass is 1880 g/mol. The maximum atomic E-state index is 8.52. The SMILES string of the molecule is CC(C)(C)c1cc(-c2ccccc2)cc(-c2ccccc2)c1.CC(C)(C)c1cc(C(C)(C)C)c(C(C)(C)C)c(C(C)(C)C)c1.CC(C)(C)c1cc(C(C)(C)C)cc(C(C)(C)C)c1.CC(C)(C)c1ccc(C(C)(C)C)c(C(C)(C)C)c1.CC(C)(C)c1ccc(C(C)(C)C)c(C(C)(C)C)c1.CC(C)(C)c1cccc(-c2ccccc2)c1C(C)(C)C.[2H]c1c([2H])c(C)c([2H])c(-c2cccc(C(C)(C)C)c2C(C)(C)C)c1[2H]. The van der Waals surface area contributed by atoms with Crippen LogP contribution in [0, 0.1) is 6.92 Å². The first-order valence-corrected chi connectivity index (χ1v) is 52.3. The maximum Gasteiger partial charge on any atom is 0.0632 e. The van der Waals surface area contributed by atoms with Gasteiger partial charge in [-0.05, 0) is 255 Å². The van der Waals surface area contributed by atoms with Gasteiger partial charge in [0.05, 0.1) is 5.48 Å². The number of rotatable bonds is 4. The summed E-state index contributed by atoms with van der Waals surface area (Å²) in [6.45, 7) is 125. The van der Waals surface area contributed by atoms with Crippen molar-refractivity contribution in [3.63, 3.8) is 0 Å². The molecular formula is C139H204. The van der Waals surface area contributed by atoms with Gasteiger partial charge in [-0.15, -0.1) is 0 Å². The molecule has 0 spiro atoms. The van der Waals surface area contributed by atoms with Crippen molar-refractivity contribution in [3.05, 3.63) is 342 Å². The molecule has 0 heteroatoms. The van der Waals surface area contributed by atoms with E-state index in [-0.39, 0.29) is 122 Å². The molecule has 0 fully saturated rings. The van der Waals surface area contributed by atoms with Crippen molar-refractivity contribution in [1.82, 2.24) is 0 Å². The molecule has 11 aromatic carbocycles. The van der Waals surface area contributed by atoms with Gasteiger partial charge in [0.2, 0.25) is 0 Å². The van der Waals surface area contributed by atoms with E-state index in [1.807, 2.05) is 12.1 Å². The summed E-state index contributed by atoms with van der Waals surface area (Å²) in [7, 11) is 0. The smallest absolute Gasteiger partial charge is 0.0622 e. The van der Waals surface area contributed by atoms with E-state index < -0.39 is 0 Å². The predicted molar refractivity (Wildman–Crippen MR) is 628 cm³/mol. The summed E-state index contributed by atoms with van der Waals surface area (Å²) < 4.78 is 33.0. The normalized spacial score (nSPS) is 13.5. The third-order valence-corrected chi connectivity index (χ3v) is 26.3. The van der Waals surface area contributed by atoms with Crippen molar-refractivity contribution < 1.29 is 5.48 Å². The Bertz CT molecular complexity index is 5730. The minimum atomic E-state index is -0.173. The molecule has 0 N–H and O–H groups in total. The standard InChI is InChI=1S/C22H22.C22H38.C21H28.C20H26.3C18H30/c1-22(2,3)21-15-19(17-10-6-4-7-11-17)14-20(16-21)18-12-8-5-9-13-18;1-19(2,3)15-13-16(20(4,5)6)18(22(10,11)12)17(14-15)21(7,8)9;1-15-10-8-11-16(14-15)17-12-9-13-18(20(2,3)4)19(17)21(5,6)7;1-19(2,3)17-14-10-13-16(18(17)20(4,5)6)15-11-8-7-9-12-15;1-16(2,3)13-10-14(17(4,5)6)12-15(11-13)18(7,8)9;2*1-16(2,3)13-10-11-14(17(4,5)6)15(12-13)18(7,8)9/h4-16H,1-3H3;13-14H,1-12H3;8-14H,1-7H3;7-14H,1-6H3;3*10-12H,1-9H3/i;;8D,10D,11D,14D;;;;. The molecule has 0 saturated heterocycles. The van der Waals surface area contributed by atoms with Gasteiger partial charge in [-0.1, -0.05) is 610 Å². The first kappa shape index (κ1) is 114. The van der Waals surface area contributed by atoms with Crippen molar-refractivity contribution in [2.75, 3.05) is 0 Å². The molecule has 0 heterocycles. The molecule has 0 radical (unpaired) electrons. The van der Waals surface area contributed by atoms with Crippen LogP contribution in [0.5, 0.6) is 0 Å². The van der Waals surface area contributed by atoms with Crippen LogP contribution < -0.4 is 0 Å². The highest BCUT2D eigenvalue weighted by atomic mass is 14.4. The second kappa shape index (κ2) is 44.3. The number of benzene rings is 11. The van der Waals surface area contributed by atoms with Crippen LogP contribution in [0.2, 0.25) is 0 Å². The lowest BCUT2D eigenvalue weighted by molar-refractivity contribution is 0.490. The van der Waals surface area contributed by atoms with Gasteiger partial charge in [-0.3, -0.25) is 0 Å². The fourth-order valence-electron chi connectivity index (χ4n) is 17.8. The molecule has 0 aromatic heterocycles. The molecule has 11 aromatic rings. The molecule has 0 aliphatic heterocycles. The Morgan fingerprint density at radius 2 is 0.388 bits per heavy atom.